The highest BCUT2D eigenvalue weighted by Gasteiger charge is 2.19. The predicted molar refractivity (Wildman–Crippen MR) is 213 cm³/mol. The molecule has 0 fully saturated rings. The average Bonchev–Trinajstić information content (AvgIpc) is 3.82. The third-order valence-corrected chi connectivity index (χ3v) is 9.77. The first-order chi connectivity index (χ1) is 26.6. The van der Waals surface area contributed by atoms with Gasteiger partial charge in [0.2, 0.25) is 0 Å². The molecule has 7 aromatic carbocycles. The van der Waals surface area contributed by atoms with Gasteiger partial charge in [-0.15, -0.1) is 0 Å². The Hall–Kier alpha value is -7.87. The van der Waals surface area contributed by atoms with Gasteiger partial charge >= 0.3 is 0 Å². The Morgan fingerprint density at radius 3 is 1.70 bits per heavy atom. The Balaban J connectivity index is 1.11. The van der Waals surface area contributed by atoms with Crippen LogP contribution in [0.4, 0.5) is 5.69 Å². The molecule has 0 amide bonds. The van der Waals surface area contributed by atoms with Gasteiger partial charge in [-0.2, -0.15) is 5.26 Å². The van der Waals surface area contributed by atoms with Crippen LogP contribution in [0, 0.1) is 17.9 Å². The first-order valence-corrected chi connectivity index (χ1v) is 17.3. The number of hydrogen-bond acceptors (Lipinski definition) is 6. The fourth-order valence-corrected chi connectivity index (χ4v) is 7.25. The number of nitrogens with zero attached hydrogens (tertiary/aromatic N) is 5. The van der Waals surface area contributed by atoms with Gasteiger partial charge in [-0.1, -0.05) is 103 Å². The summed E-state index contributed by atoms with van der Waals surface area (Å²) in [5.41, 5.74) is 10.3. The molecule has 0 saturated carbocycles. The molecule has 0 N–H and O–H groups in total. The van der Waals surface area contributed by atoms with Crippen LogP contribution in [0.15, 0.2) is 160 Å². The maximum Gasteiger partial charge on any atom is 0.187 e. The highest BCUT2D eigenvalue weighted by Crippen LogP contribution is 2.43. The van der Waals surface area contributed by atoms with Crippen LogP contribution in [0.2, 0.25) is 0 Å². The van der Waals surface area contributed by atoms with E-state index in [1.165, 1.54) is 0 Å². The molecule has 7 heteroatoms. The van der Waals surface area contributed by atoms with E-state index in [1.54, 1.807) is 18.2 Å². The van der Waals surface area contributed by atoms with Crippen molar-refractivity contribution >= 4 is 49.6 Å². The molecule has 3 aromatic heterocycles. The van der Waals surface area contributed by atoms with Crippen LogP contribution in [0.5, 0.6) is 0 Å². The summed E-state index contributed by atoms with van der Waals surface area (Å²) >= 11 is 0. The Morgan fingerprint density at radius 2 is 1.02 bits per heavy atom. The molecule has 0 aliphatic heterocycles. The van der Waals surface area contributed by atoms with Crippen LogP contribution in [-0.2, 0) is 0 Å². The lowest BCUT2D eigenvalue weighted by Gasteiger charge is -2.10. The van der Waals surface area contributed by atoms with Gasteiger partial charge in [-0.25, -0.2) is 19.8 Å². The van der Waals surface area contributed by atoms with Gasteiger partial charge in [0.1, 0.15) is 22.3 Å². The summed E-state index contributed by atoms with van der Waals surface area (Å²) in [6.45, 7) is 7.35. The Labute approximate surface area is 308 Å². The van der Waals surface area contributed by atoms with Gasteiger partial charge in [-0.05, 0) is 70.8 Å². The van der Waals surface area contributed by atoms with Crippen molar-refractivity contribution < 1.29 is 8.83 Å². The zero-order chi connectivity index (χ0) is 36.2. The third-order valence-electron chi connectivity index (χ3n) is 9.77. The second-order valence-electron chi connectivity index (χ2n) is 13.0. The molecule has 10 rings (SSSR count). The SMILES string of the molecule is [C-]#[N+]c1ccc(-c2nc(-c3ccccc3)nc(-c3cc(C#N)cc(-c4ccc5c(c4)oc4cccc(-c6cccc7oc8ccccc8c67)c45)c3)n2)cc1. The van der Waals surface area contributed by atoms with E-state index in [2.05, 4.69) is 41.2 Å². The molecule has 0 atom stereocenters. The molecule has 0 bridgehead atoms. The molecule has 0 spiro atoms. The third kappa shape index (κ3) is 5.16. The Kier molecular flexibility index (Phi) is 7.11. The molecule has 54 heavy (non-hydrogen) atoms. The molecule has 7 nitrogen and oxygen atoms in total. The average molecular weight is 692 g/mol. The van der Waals surface area contributed by atoms with E-state index in [4.69, 9.17) is 30.4 Å². The quantitative estimate of drug-likeness (QED) is 0.167. The summed E-state index contributed by atoms with van der Waals surface area (Å²) in [6, 6.07) is 51.5. The number of rotatable bonds is 5. The molecule has 0 aliphatic carbocycles. The predicted octanol–water partition coefficient (Wildman–Crippen LogP) is 12.4. The molecule has 0 saturated heterocycles. The molecular weight excluding hydrogens is 667 g/mol. The van der Waals surface area contributed by atoms with Crippen LogP contribution in [0.25, 0.3) is 105 Å². The number of aromatic nitrogens is 3. The second kappa shape index (κ2) is 12.4. The van der Waals surface area contributed by atoms with Crippen LogP contribution < -0.4 is 0 Å². The highest BCUT2D eigenvalue weighted by molar-refractivity contribution is 6.19. The van der Waals surface area contributed by atoms with E-state index in [9.17, 15) is 5.26 Å². The summed E-state index contributed by atoms with van der Waals surface area (Å²) < 4.78 is 12.8. The van der Waals surface area contributed by atoms with Crippen molar-refractivity contribution in [1.82, 2.24) is 15.0 Å². The minimum absolute atomic E-state index is 0.432. The summed E-state index contributed by atoms with van der Waals surface area (Å²) in [4.78, 5) is 18.1. The van der Waals surface area contributed by atoms with E-state index >= 15 is 0 Å². The van der Waals surface area contributed by atoms with Crippen molar-refractivity contribution in [2.75, 3.05) is 0 Å². The monoisotopic (exact) mass is 691 g/mol. The van der Waals surface area contributed by atoms with Crippen LogP contribution in [0.1, 0.15) is 5.56 Å². The van der Waals surface area contributed by atoms with Crippen molar-refractivity contribution in [3.05, 3.63) is 169 Å². The first kappa shape index (κ1) is 30.9. The topological polar surface area (TPSA) is 93.1 Å². The highest BCUT2D eigenvalue weighted by atomic mass is 16.3. The van der Waals surface area contributed by atoms with Gasteiger partial charge in [-0.3, -0.25) is 0 Å². The first-order valence-electron chi connectivity index (χ1n) is 17.3. The van der Waals surface area contributed by atoms with E-state index in [0.717, 1.165) is 77.3 Å². The van der Waals surface area contributed by atoms with Gasteiger partial charge in [0.15, 0.2) is 23.2 Å². The largest absolute Gasteiger partial charge is 0.456 e. The van der Waals surface area contributed by atoms with Gasteiger partial charge in [0.05, 0.1) is 18.2 Å². The van der Waals surface area contributed by atoms with Crippen LogP contribution in [0.3, 0.4) is 0 Å². The van der Waals surface area contributed by atoms with Crippen LogP contribution in [-0.4, -0.2) is 15.0 Å². The number of fused-ring (bicyclic) bond motifs is 6. The van der Waals surface area contributed by atoms with E-state index in [1.807, 2.05) is 103 Å². The van der Waals surface area contributed by atoms with Crippen LogP contribution >= 0.6 is 0 Å². The van der Waals surface area contributed by atoms with Crippen molar-refractivity contribution in [1.29, 1.82) is 5.26 Å². The van der Waals surface area contributed by atoms with Crippen molar-refractivity contribution in [2.45, 2.75) is 0 Å². The zero-order valence-electron chi connectivity index (χ0n) is 28.5. The number of furan rings is 2. The van der Waals surface area contributed by atoms with Crippen molar-refractivity contribution in [3.63, 3.8) is 0 Å². The smallest absolute Gasteiger partial charge is 0.187 e. The lowest BCUT2D eigenvalue weighted by atomic mass is 9.94. The summed E-state index contributed by atoms with van der Waals surface area (Å²) in [7, 11) is 0. The van der Waals surface area contributed by atoms with Gasteiger partial charge < -0.3 is 8.83 Å². The Morgan fingerprint density at radius 1 is 0.463 bits per heavy atom. The van der Waals surface area contributed by atoms with Gasteiger partial charge in [0.25, 0.3) is 0 Å². The molecule has 0 unspecified atom stereocenters. The number of hydrogen-bond donors (Lipinski definition) is 0. The lowest BCUT2D eigenvalue weighted by Crippen LogP contribution is -2.00. The number of nitriles is 1. The minimum Gasteiger partial charge on any atom is -0.456 e. The fraction of sp³-hybridized carbons (Fsp3) is 0. The fourth-order valence-electron chi connectivity index (χ4n) is 7.25. The molecule has 10 aromatic rings. The van der Waals surface area contributed by atoms with Crippen molar-refractivity contribution in [3.8, 4) is 62.5 Å². The number of para-hydroxylation sites is 1. The lowest BCUT2D eigenvalue weighted by molar-refractivity contribution is 0.668. The zero-order valence-corrected chi connectivity index (χ0v) is 28.5. The second-order valence-corrected chi connectivity index (χ2v) is 13.0. The molecule has 0 aliphatic rings. The summed E-state index contributed by atoms with van der Waals surface area (Å²) in [5.74, 6) is 1.41. The normalized spacial score (nSPS) is 11.3. The molecular formula is C47H25N5O2. The maximum atomic E-state index is 10.2. The molecule has 250 valence electrons. The summed E-state index contributed by atoms with van der Waals surface area (Å²) in [6.07, 6.45) is 0. The maximum absolute atomic E-state index is 10.2. The Bertz CT molecular complexity index is 3180. The number of benzene rings is 7. The van der Waals surface area contributed by atoms with Crippen molar-refractivity contribution in [2.24, 2.45) is 0 Å². The van der Waals surface area contributed by atoms with E-state index in [0.29, 0.717) is 34.3 Å². The van der Waals surface area contributed by atoms with Gasteiger partial charge in [0, 0.05) is 38.2 Å². The minimum atomic E-state index is 0.432. The molecule has 0 radical (unpaired) electrons. The molecule has 3 heterocycles. The standard InChI is InChI=1S/C47H25N5O2/c1-49-34-20-17-30(18-21-34)46-50-45(29-9-3-2-4-10-29)51-47(52-46)33-24-28(27-48)23-32(25-33)31-19-22-38-42(26-31)54-41-16-8-13-36(44(38)41)35-12-7-15-40-43(35)37-11-5-6-14-39(37)53-40/h2-26H. The summed E-state index contributed by atoms with van der Waals surface area (Å²) in [5, 5.41) is 14.3. The van der Waals surface area contributed by atoms with E-state index in [-0.39, 0.29) is 0 Å². The van der Waals surface area contributed by atoms with E-state index < -0.39 is 0 Å².